The molecule has 0 aliphatic carbocycles. The highest BCUT2D eigenvalue weighted by Crippen LogP contribution is 2.31. The van der Waals surface area contributed by atoms with Gasteiger partial charge in [0.2, 0.25) is 0 Å². The molecule has 0 saturated heterocycles. The minimum Gasteiger partial charge on any atom is -0.504 e. The molecule has 15 heavy (non-hydrogen) atoms. The maximum Gasteiger partial charge on any atom is 0.253 e. The number of hydrogen-bond acceptors (Lipinski definition) is 3. The zero-order chi connectivity index (χ0) is 11.6. The van der Waals surface area contributed by atoms with Crippen LogP contribution in [0.15, 0.2) is 12.1 Å². The van der Waals surface area contributed by atoms with Crippen molar-refractivity contribution in [2.75, 3.05) is 0 Å². The average molecular weight is 230 g/mol. The van der Waals surface area contributed by atoms with Gasteiger partial charge in [0.05, 0.1) is 10.6 Å². The first-order valence-electron chi connectivity index (χ1n) is 4.44. The quantitative estimate of drug-likeness (QED) is 0.679. The van der Waals surface area contributed by atoms with Crippen molar-refractivity contribution in [3.05, 3.63) is 22.7 Å². The van der Waals surface area contributed by atoms with E-state index in [0.29, 0.717) is 0 Å². The number of phenolic OH excluding ortho intramolecular Hbond substituents is 2. The lowest BCUT2D eigenvalue weighted by Crippen LogP contribution is -2.30. The van der Waals surface area contributed by atoms with Crippen LogP contribution in [0.1, 0.15) is 24.2 Å². The van der Waals surface area contributed by atoms with Crippen LogP contribution < -0.4 is 5.32 Å². The first kappa shape index (κ1) is 11.7. The van der Waals surface area contributed by atoms with Crippen molar-refractivity contribution in [3.63, 3.8) is 0 Å². The van der Waals surface area contributed by atoms with Crippen molar-refractivity contribution >= 4 is 17.5 Å². The standard InChI is InChI=1S/C10H12ClNO3/c1-5(2)12-10(15)6-3-8(13)9(14)4-7(6)11/h3-5,13-14H,1-2H3,(H,12,15). The summed E-state index contributed by atoms with van der Waals surface area (Å²) in [6, 6.07) is 2.24. The zero-order valence-electron chi connectivity index (χ0n) is 8.41. The molecule has 1 aromatic carbocycles. The Bertz CT molecular complexity index is 390. The fraction of sp³-hybridized carbons (Fsp3) is 0.300. The van der Waals surface area contributed by atoms with Crippen LogP contribution >= 0.6 is 11.6 Å². The van der Waals surface area contributed by atoms with Gasteiger partial charge < -0.3 is 15.5 Å². The Balaban J connectivity index is 3.04. The number of nitrogens with one attached hydrogen (secondary N) is 1. The first-order valence-corrected chi connectivity index (χ1v) is 4.82. The second kappa shape index (κ2) is 4.40. The topological polar surface area (TPSA) is 69.6 Å². The Labute approximate surface area is 92.5 Å². The molecule has 0 aliphatic rings. The van der Waals surface area contributed by atoms with E-state index in [-0.39, 0.29) is 34.0 Å². The van der Waals surface area contributed by atoms with E-state index in [1.165, 1.54) is 0 Å². The highest BCUT2D eigenvalue weighted by molar-refractivity contribution is 6.34. The number of carbonyl (C=O) groups excluding carboxylic acids is 1. The Morgan fingerprint density at radius 2 is 1.87 bits per heavy atom. The van der Waals surface area contributed by atoms with Crippen LogP contribution in [0.5, 0.6) is 11.5 Å². The minimum absolute atomic E-state index is 0.0236. The Hall–Kier alpha value is -1.42. The van der Waals surface area contributed by atoms with Crippen LogP contribution in [-0.2, 0) is 0 Å². The van der Waals surface area contributed by atoms with Gasteiger partial charge in [0, 0.05) is 12.1 Å². The van der Waals surface area contributed by atoms with Crippen molar-refractivity contribution in [2.45, 2.75) is 19.9 Å². The maximum absolute atomic E-state index is 11.6. The number of amides is 1. The molecule has 1 aromatic rings. The third-order valence-electron chi connectivity index (χ3n) is 1.73. The van der Waals surface area contributed by atoms with Gasteiger partial charge in [-0.3, -0.25) is 4.79 Å². The molecular weight excluding hydrogens is 218 g/mol. The first-order chi connectivity index (χ1) is 6.91. The predicted molar refractivity (Wildman–Crippen MR) is 57.4 cm³/mol. The summed E-state index contributed by atoms with van der Waals surface area (Å²) in [6.07, 6.45) is 0. The van der Waals surface area contributed by atoms with Crippen molar-refractivity contribution in [2.24, 2.45) is 0 Å². The lowest BCUT2D eigenvalue weighted by atomic mass is 10.1. The number of halogens is 1. The van der Waals surface area contributed by atoms with Crippen LogP contribution in [0.4, 0.5) is 0 Å². The van der Waals surface area contributed by atoms with Crippen LogP contribution in [0.2, 0.25) is 5.02 Å². The van der Waals surface area contributed by atoms with Crippen molar-refractivity contribution in [1.82, 2.24) is 5.32 Å². The number of aromatic hydroxyl groups is 2. The normalized spacial score (nSPS) is 10.4. The Morgan fingerprint density at radius 3 is 2.40 bits per heavy atom. The van der Waals surface area contributed by atoms with Gasteiger partial charge >= 0.3 is 0 Å². The van der Waals surface area contributed by atoms with E-state index in [0.717, 1.165) is 12.1 Å². The summed E-state index contributed by atoms with van der Waals surface area (Å²) >= 11 is 5.75. The summed E-state index contributed by atoms with van der Waals surface area (Å²) in [7, 11) is 0. The van der Waals surface area contributed by atoms with E-state index in [1.807, 2.05) is 13.8 Å². The third kappa shape index (κ3) is 2.76. The highest BCUT2D eigenvalue weighted by Gasteiger charge is 2.14. The summed E-state index contributed by atoms with van der Waals surface area (Å²) in [5.41, 5.74) is 0.140. The molecule has 0 radical (unpaired) electrons. The van der Waals surface area contributed by atoms with E-state index in [4.69, 9.17) is 16.7 Å². The second-order valence-electron chi connectivity index (χ2n) is 3.45. The summed E-state index contributed by atoms with van der Waals surface area (Å²) in [6.45, 7) is 3.62. The molecular formula is C10H12ClNO3. The zero-order valence-corrected chi connectivity index (χ0v) is 9.17. The van der Waals surface area contributed by atoms with E-state index < -0.39 is 0 Å². The second-order valence-corrected chi connectivity index (χ2v) is 3.86. The molecule has 0 spiro atoms. The number of phenols is 2. The smallest absolute Gasteiger partial charge is 0.253 e. The molecule has 3 N–H and O–H groups in total. The Morgan fingerprint density at radius 1 is 1.33 bits per heavy atom. The minimum atomic E-state index is -0.384. The van der Waals surface area contributed by atoms with Crippen LogP contribution in [0.3, 0.4) is 0 Å². The molecule has 0 aromatic heterocycles. The number of carbonyl (C=O) groups is 1. The van der Waals surface area contributed by atoms with Crippen molar-refractivity contribution in [1.29, 1.82) is 0 Å². The summed E-state index contributed by atoms with van der Waals surface area (Å²) in [4.78, 5) is 11.6. The molecule has 0 saturated carbocycles. The monoisotopic (exact) mass is 229 g/mol. The lowest BCUT2D eigenvalue weighted by Gasteiger charge is -2.10. The third-order valence-corrected chi connectivity index (χ3v) is 2.04. The predicted octanol–water partition coefficient (Wildman–Crippen LogP) is 1.89. The molecule has 1 amide bonds. The molecule has 0 atom stereocenters. The molecule has 0 heterocycles. The van der Waals surface area contributed by atoms with Gasteiger partial charge in [0.1, 0.15) is 0 Å². The van der Waals surface area contributed by atoms with Gasteiger partial charge in [-0.15, -0.1) is 0 Å². The van der Waals surface area contributed by atoms with E-state index in [1.54, 1.807) is 0 Å². The molecule has 0 aliphatic heterocycles. The van der Waals surface area contributed by atoms with Crippen LogP contribution in [0.25, 0.3) is 0 Å². The summed E-state index contributed by atoms with van der Waals surface area (Å²) in [5.74, 6) is -1.10. The molecule has 1 rings (SSSR count). The Kier molecular flexibility index (Phi) is 3.42. The van der Waals surface area contributed by atoms with Gasteiger partial charge in [-0.05, 0) is 19.9 Å². The number of hydrogen-bond donors (Lipinski definition) is 3. The van der Waals surface area contributed by atoms with Gasteiger partial charge in [-0.25, -0.2) is 0 Å². The maximum atomic E-state index is 11.6. The largest absolute Gasteiger partial charge is 0.504 e. The van der Waals surface area contributed by atoms with Gasteiger partial charge in [0.25, 0.3) is 5.91 Å². The number of rotatable bonds is 2. The van der Waals surface area contributed by atoms with Gasteiger partial charge in [-0.2, -0.15) is 0 Å². The summed E-state index contributed by atoms with van der Waals surface area (Å²) in [5, 5.41) is 21.1. The molecule has 5 heteroatoms. The van der Waals surface area contributed by atoms with E-state index in [9.17, 15) is 9.90 Å². The van der Waals surface area contributed by atoms with E-state index >= 15 is 0 Å². The average Bonchev–Trinajstić information content (AvgIpc) is 2.09. The van der Waals surface area contributed by atoms with E-state index in [2.05, 4.69) is 5.32 Å². The van der Waals surface area contributed by atoms with Crippen LogP contribution in [0, 0.1) is 0 Å². The molecule has 4 nitrogen and oxygen atoms in total. The van der Waals surface area contributed by atoms with Crippen LogP contribution in [-0.4, -0.2) is 22.2 Å². The molecule has 0 unspecified atom stereocenters. The molecule has 0 fully saturated rings. The lowest BCUT2D eigenvalue weighted by molar-refractivity contribution is 0.0943. The fourth-order valence-electron chi connectivity index (χ4n) is 1.07. The van der Waals surface area contributed by atoms with Gasteiger partial charge in [0.15, 0.2) is 11.5 Å². The number of benzene rings is 1. The van der Waals surface area contributed by atoms with Crippen molar-refractivity contribution in [3.8, 4) is 11.5 Å². The summed E-state index contributed by atoms with van der Waals surface area (Å²) < 4.78 is 0. The highest BCUT2D eigenvalue weighted by atomic mass is 35.5. The molecule has 82 valence electrons. The van der Waals surface area contributed by atoms with Crippen molar-refractivity contribution < 1.29 is 15.0 Å². The molecule has 0 bridgehead atoms. The SMILES string of the molecule is CC(C)NC(=O)c1cc(O)c(O)cc1Cl. The van der Waals surface area contributed by atoms with Gasteiger partial charge in [-0.1, -0.05) is 11.6 Å². The fourth-order valence-corrected chi connectivity index (χ4v) is 1.31.